The van der Waals surface area contributed by atoms with Gasteiger partial charge in [-0.2, -0.15) is 0 Å². The van der Waals surface area contributed by atoms with Gasteiger partial charge in [0, 0.05) is 13.1 Å². The zero-order valence-electron chi connectivity index (χ0n) is 15.6. The highest BCUT2D eigenvalue weighted by molar-refractivity contribution is 5.79. The summed E-state index contributed by atoms with van der Waals surface area (Å²) in [4.78, 5) is 15.0. The number of nitrogens with zero attached hydrogens (tertiary/aromatic N) is 1. The van der Waals surface area contributed by atoms with E-state index in [0.29, 0.717) is 19.0 Å². The predicted octanol–water partition coefficient (Wildman–Crippen LogP) is 2.97. The van der Waals surface area contributed by atoms with Gasteiger partial charge in [0.05, 0.1) is 18.7 Å². The lowest BCUT2D eigenvalue weighted by molar-refractivity contribution is -0.134. The first-order valence-electron chi connectivity index (χ1n) is 9.84. The number of fused-ring (bicyclic) bond motifs is 1. The van der Waals surface area contributed by atoms with Crippen molar-refractivity contribution in [2.75, 3.05) is 19.6 Å². The van der Waals surface area contributed by atoms with Crippen LogP contribution in [0.2, 0.25) is 0 Å². The number of carbonyl (C=O) groups excluding carboxylic acids is 1. The van der Waals surface area contributed by atoms with E-state index in [1.165, 1.54) is 48.8 Å². The summed E-state index contributed by atoms with van der Waals surface area (Å²) in [6, 6.07) is 6.98. The van der Waals surface area contributed by atoms with Gasteiger partial charge in [0.1, 0.15) is 0 Å². The first-order chi connectivity index (χ1) is 12.1. The molecule has 1 aromatic rings. The minimum absolute atomic E-state index is 0.170. The SMILES string of the molecule is Cc1ccc2c(c1)C(C1CCCCC1)N(C(=O)CNC[C@@H](C)O)CC2. The van der Waals surface area contributed by atoms with E-state index in [1.54, 1.807) is 6.92 Å². The first-order valence-corrected chi connectivity index (χ1v) is 9.84. The molecule has 2 atom stereocenters. The van der Waals surface area contributed by atoms with Gasteiger partial charge in [-0.1, -0.05) is 43.0 Å². The van der Waals surface area contributed by atoms with Gasteiger partial charge in [-0.15, -0.1) is 0 Å². The van der Waals surface area contributed by atoms with Crippen molar-refractivity contribution in [2.45, 2.75) is 64.5 Å². The second-order valence-electron chi connectivity index (χ2n) is 7.86. The molecular formula is C21H32N2O2. The monoisotopic (exact) mass is 344 g/mol. The molecule has 3 rings (SSSR count). The Bertz CT molecular complexity index is 594. The highest BCUT2D eigenvalue weighted by atomic mass is 16.3. The molecule has 4 heteroatoms. The Kier molecular flexibility index (Phi) is 6.13. The lowest BCUT2D eigenvalue weighted by Crippen LogP contribution is -2.47. The average Bonchev–Trinajstić information content (AvgIpc) is 2.61. The van der Waals surface area contributed by atoms with E-state index in [-0.39, 0.29) is 11.9 Å². The Morgan fingerprint density at radius 3 is 2.80 bits per heavy atom. The molecule has 1 heterocycles. The van der Waals surface area contributed by atoms with Crippen molar-refractivity contribution in [2.24, 2.45) is 5.92 Å². The number of aliphatic hydroxyl groups excluding tert-OH is 1. The number of hydrogen-bond acceptors (Lipinski definition) is 3. The van der Waals surface area contributed by atoms with Crippen LogP contribution >= 0.6 is 0 Å². The molecule has 0 saturated heterocycles. The number of aryl methyl sites for hydroxylation is 1. The van der Waals surface area contributed by atoms with Gasteiger partial charge in [-0.25, -0.2) is 0 Å². The maximum atomic E-state index is 12.9. The molecule has 1 aromatic carbocycles. The zero-order chi connectivity index (χ0) is 17.8. The van der Waals surface area contributed by atoms with E-state index in [9.17, 15) is 9.90 Å². The van der Waals surface area contributed by atoms with Crippen molar-refractivity contribution >= 4 is 5.91 Å². The average molecular weight is 344 g/mol. The van der Waals surface area contributed by atoms with Crippen LogP contribution in [0, 0.1) is 12.8 Å². The molecule has 1 unspecified atom stereocenters. The number of rotatable bonds is 5. The summed E-state index contributed by atoms with van der Waals surface area (Å²) < 4.78 is 0. The molecule has 1 aliphatic carbocycles. The fraction of sp³-hybridized carbons (Fsp3) is 0.667. The topological polar surface area (TPSA) is 52.6 Å². The van der Waals surface area contributed by atoms with Gasteiger partial charge in [0.2, 0.25) is 5.91 Å². The summed E-state index contributed by atoms with van der Waals surface area (Å²) in [6.07, 6.45) is 6.86. The van der Waals surface area contributed by atoms with Gasteiger partial charge >= 0.3 is 0 Å². The second kappa shape index (κ2) is 8.33. The van der Waals surface area contributed by atoms with Crippen LogP contribution in [0.4, 0.5) is 0 Å². The lowest BCUT2D eigenvalue weighted by Gasteiger charge is -2.43. The molecule has 1 aliphatic heterocycles. The van der Waals surface area contributed by atoms with E-state index in [4.69, 9.17) is 0 Å². The van der Waals surface area contributed by atoms with E-state index >= 15 is 0 Å². The van der Waals surface area contributed by atoms with Crippen LogP contribution in [0.15, 0.2) is 18.2 Å². The van der Waals surface area contributed by atoms with Crippen molar-refractivity contribution < 1.29 is 9.90 Å². The van der Waals surface area contributed by atoms with Crippen molar-refractivity contribution in [3.05, 3.63) is 34.9 Å². The molecule has 138 valence electrons. The Hall–Kier alpha value is -1.39. The minimum atomic E-state index is -0.424. The fourth-order valence-electron chi connectivity index (χ4n) is 4.49. The predicted molar refractivity (Wildman–Crippen MR) is 100 cm³/mol. The number of carbonyl (C=O) groups is 1. The summed E-state index contributed by atoms with van der Waals surface area (Å²) >= 11 is 0. The van der Waals surface area contributed by atoms with Gasteiger partial charge < -0.3 is 15.3 Å². The molecule has 1 amide bonds. The van der Waals surface area contributed by atoms with Crippen molar-refractivity contribution in [1.29, 1.82) is 0 Å². The fourth-order valence-corrected chi connectivity index (χ4v) is 4.49. The van der Waals surface area contributed by atoms with Crippen LogP contribution in [-0.4, -0.2) is 41.7 Å². The van der Waals surface area contributed by atoms with Crippen LogP contribution < -0.4 is 5.32 Å². The van der Waals surface area contributed by atoms with Gasteiger partial charge in [-0.05, 0) is 50.2 Å². The van der Waals surface area contributed by atoms with Crippen LogP contribution in [-0.2, 0) is 11.2 Å². The molecule has 4 nitrogen and oxygen atoms in total. The summed E-state index contributed by atoms with van der Waals surface area (Å²) in [5, 5.41) is 12.5. The second-order valence-corrected chi connectivity index (χ2v) is 7.86. The molecule has 0 bridgehead atoms. The van der Waals surface area contributed by atoms with Crippen LogP contribution in [0.1, 0.15) is 61.8 Å². The normalized spacial score (nSPS) is 22.5. The maximum Gasteiger partial charge on any atom is 0.237 e. The lowest BCUT2D eigenvalue weighted by atomic mass is 9.77. The summed E-state index contributed by atoms with van der Waals surface area (Å²) in [7, 11) is 0. The van der Waals surface area contributed by atoms with Crippen molar-refractivity contribution in [3.63, 3.8) is 0 Å². The van der Waals surface area contributed by atoms with Crippen molar-refractivity contribution in [1.82, 2.24) is 10.2 Å². The number of benzene rings is 1. The Balaban J connectivity index is 1.82. The minimum Gasteiger partial charge on any atom is -0.392 e. The van der Waals surface area contributed by atoms with Crippen LogP contribution in [0.5, 0.6) is 0 Å². The Morgan fingerprint density at radius 2 is 2.08 bits per heavy atom. The Morgan fingerprint density at radius 1 is 1.32 bits per heavy atom. The number of amides is 1. The van der Waals surface area contributed by atoms with E-state index < -0.39 is 6.10 Å². The molecule has 0 aromatic heterocycles. The molecular weight excluding hydrogens is 312 g/mol. The van der Waals surface area contributed by atoms with E-state index in [0.717, 1.165) is 13.0 Å². The van der Waals surface area contributed by atoms with Gasteiger partial charge in [0.25, 0.3) is 0 Å². The van der Waals surface area contributed by atoms with Crippen molar-refractivity contribution in [3.8, 4) is 0 Å². The zero-order valence-corrected chi connectivity index (χ0v) is 15.6. The maximum absolute atomic E-state index is 12.9. The molecule has 0 radical (unpaired) electrons. The molecule has 1 saturated carbocycles. The number of hydrogen-bond donors (Lipinski definition) is 2. The third-order valence-corrected chi connectivity index (χ3v) is 5.71. The standard InChI is InChI=1S/C21H32N2O2/c1-15-8-9-17-10-11-23(20(25)14-22-13-16(2)24)21(19(17)12-15)18-6-4-3-5-7-18/h8-9,12,16,18,21-22,24H,3-7,10-11,13-14H2,1-2H3/t16-,21?/m1/s1. The smallest absolute Gasteiger partial charge is 0.237 e. The van der Waals surface area contributed by atoms with E-state index in [2.05, 4.69) is 35.3 Å². The largest absolute Gasteiger partial charge is 0.392 e. The molecule has 2 N–H and O–H groups in total. The van der Waals surface area contributed by atoms with Crippen LogP contribution in [0.25, 0.3) is 0 Å². The molecule has 2 aliphatic rings. The summed E-state index contributed by atoms with van der Waals surface area (Å²) in [5.74, 6) is 0.749. The molecule has 0 spiro atoms. The number of nitrogens with one attached hydrogen (secondary N) is 1. The summed E-state index contributed by atoms with van der Waals surface area (Å²) in [5.41, 5.74) is 4.07. The van der Waals surface area contributed by atoms with Gasteiger partial charge in [-0.3, -0.25) is 4.79 Å². The van der Waals surface area contributed by atoms with Gasteiger partial charge in [0.15, 0.2) is 0 Å². The summed E-state index contributed by atoms with van der Waals surface area (Å²) in [6.45, 7) is 5.47. The number of aliphatic hydroxyl groups is 1. The van der Waals surface area contributed by atoms with E-state index in [1.807, 2.05) is 0 Å². The highest BCUT2D eigenvalue weighted by Gasteiger charge is 2.36. The highest BCUT2D eigenvalue weighted by Crippen LogP contribution is 2.42. The molecule has 1 fully saturated rings. The first kappa shape index (κ1) is 18.4. The Labute approximate surface area is 151 Å². The third-order valence-electron chi connectivity index (χ3n) is 5.71. The molecule has 25 heavy (non-hydrogen) atoms. The third kappa shape index (κ3) is 4.42. The quantitative estimate of drug-likeness (QED) is 0.863. The van der Waals surface area contributed by atoms with Crippen LogP contribution in [0.3, 0.4) is 0 Å².